The molecule has 1 atom stereocenters. The number of aromatic nitrogens is 2. The molecule has 0 aliphatic rings. The Morgan fingerprint density at radius 3 is 2.24 bits per heavy atom. The molecule has 29 heavy (non-hydrogen) atoms. The molecule has 0 saturated heterocycles. The largest absolute Gasteiger partial charge is 0.416 e. The molecule has 3 aromatic rings. The van der Waals surface area contributed by atoms with Crippen LogP contribution in [0.4, 0.5) is 13.2 Å². The van der Waals surface area contributed by atoms with Gasteiger partial charge in [-0.3, -0.25) is 15.0 Å². The van der Waals surface area contributed by atoms with Crippen molar-refractivity contribution in [1.29, 1.82) is 0 Å². The van der Waals surface area contributed by atoms with E-state index in [1.54, 1.807) is 31.2 Å². The van der Waals surface area contributed by atoms with E-state index in [4.69, 9.17) is 0 Å². The van der Waals surface area contributed by atoms with Gasteiger partial charge in [0, 0.05) is 5.92 Å². The number of fused-ring (bicyclic) bond motifs is 1. The number of rotatable bonds is 4. The summed E-state index contributed by atoms with van der Waals surface area (Å²) in [6, 6.07) is 11.2. The van der Waals surface area contributed by atoms with Crippen molar-refractivity contribution in [2.75, 3.05) is 5.43 Å². The van der Waals surface area contributed by atoms with Gasteiger partial charge in [0.05, 0.1) is 22.4 Å². The fourth-order valence-corrected chi connectivity index (χ4v) is 2.96. The first kappa shape index (κ1) is 20.6. The van der Waals surface area contributed by atoms with Crippen molar-refractivity contribution >= 4 is 16.8 Å². The number of halogens is 3. The Balaban J connectivity index is 1.94. The highest BCUT2D eigenvalue weighted by Crippen LogP contribution is 2.30. The molecule has 0 aliphatic carbocycles. The van der Waals surface area contributed by atoms with Gasteiger partial charge in [-0.1, -0.05) is 38.1 Å². The maximum absolute atomic E-state index is 12.9. The molecule has 1 amide bonds. The van der Waals surface area contributed by atoms with E-state index in [9.17, 15) is 22.8 Å². The zero-order chi connectivity index (χ0) is 21.3. The lowest BCUT2D eigenvalue weighted by Gasteiger charge is -2.19. The van der Waals surface area contributed by atoms with Gasteiger partial charge in [-0.2, -0.15) is 13.2 Å². The minimum atomic E-state index is -4.44. The molecule has 5 nitrogen and oxygen atoms in total. The topological polar surface area (TPSA) is 64.0 Å². The van der Waals surface area contributed by atoms with E-state index in [1.165, 1.54) is 12.1 Å². The molecule has 8 heteroatoms. The zero-order valence-corrected chi connectivity index (χ0v) is 16.1. The molecule has 0 spiro atoms. The van der Waals surface area contributed by atoms with Gasteiger partial charge in [-0.25, -0.2) is 9.66 Å². The molecule has 0 aliphatic heterocycles. The van der Waals surface area contributed by atoms with Crippen molar-refractivity contribution in [2.24, 2.45) is 0 Å². The van der Waals surface area contributed by atoms with Gasteiger partial charge in [-0.15, -0.1) is 0 Å². The summed E-state index contributed by atoms with van der Waals surface area (Å²) in [5.74, 6) is -1.04. The van der Waals surface area contributed by atoms with Gasteiger partial charge < -0.3 is 0 Å². The normalized spacial score (nSPS) is 12.9. The predicted octanol–water partition coefficient (Wildman–Crippen LogP) is 4.41. The number of nitrogens with one attached hydrogen (secondary N) is 1. The lowest BCUT2D eigenvalue weighted by Crippen LogP contribution is -2.38. The van der Waals surface area contributed by atoms with Crippen LogP contribution in [0.2, 0.25) is 0 Å². The van der Waals surface area contributed by atoms with Gasteiger partial charge in [0.25, 0.3) is 5.56 Å². The molecule has 2 aromatic carbocycles. The van der Waals surface area contributed by atoms with Gasteiger partial charge in [0.15, 0.2) is 0 Å². The van der Waals surface area contributed by atoms with Crippen LogP contribution in [0, 0.1) is 0 Å². The molecule has 1 unspecified atom stereocenters. The standard InChI is InChI=1S/C21H20F3N3O2/c1-12(2)18-25-17-7-5-4-6-16(17)20(29)27(18)26-19(28)13(3)14-8-10-15(11-9-14)21(22,23)24/h4-13H,1-3H3,(H,26,28). The van der Waals surface area contributed by atoms with Crippen LogP contribution < -0.4 is 11.0 Å². The molecular formula is C21H20F3N3O2. The smallest absolute Gasteiger partial charge is 0.273 e. The Bertz CT molecular complexity index is 1100. The van der Waals surface area contributed by atoms with Crippen molar-refractivity contribution < 1.29 is 18.0 Å². The van der Waals surface area contributed by atoms with E-state index in [-0.39, 0.29) is 5.92 Å². The summed E-state index contributed by atoms with van der Waals surface area (Å²) in [5.41, 5.74) is 2.32. The quantitative estimate of drug-likeness (QED) is 0.702. The van der Waals surface area contributed by atoms with E-state index in [0.717, 1.165) is 16.8 Å². The van der Waals surface area contributed by atoms with Gasteiger partial charge in [0.1, 0.15) is 5.82 Å². The minimum absolute atomic E-state index is 0.144. The summed E-state index contributed by atoms with van der Waals surface area (Å²) in [5, 5.41) is 0.361. The SMILES string of the molecule is CC(C)c1nc2ccccc2c(=O)n1NC(=O)C(C)c1ccc(C(F)(F)F)cc1. The van der Waals surface area contributed by atoms with Gasteiger partial charge in [0.2, 0.25) is 5.91 Å². The summed E-state index contributed by atoms with van der Waals surface area (Å²) in [6.07, 6.45) is -4.44. The summed E-state index contributed by atoms with van der Waals surface area (Å²) in [6.45, 7) is 5.25. The molecule has 0 radical (unpaired) electrons. The number of alkyl halides is 3. The van der Waals surface area contributed by atoms with Crippen LogP contribution in [0.25, 0.3) is 10.9 Å². The number of para-hydroxylation sites is 1. The van der Waals surface area contributed by atoms with Gasteiger partial charge in [-0.05, 0) is 36.8 Å². The number of hydrogen-bond donors (Lipinski definition) is 1. The average Bonchev–Trinajstić information content (AvgIpc) is 2.68. The van der Waals surface area contributed by atoms with E-state index in [0.29, 0.717) is 22.3 Å². The number of amides is 1. The second-order valence-electron chi connectivity index (χ2n) is 7.10. The molecule has 0 bridgehead atoms. The maximum Gasteiger partial charge on any atom is 0.416 e. The molecular weight excluding hydrogens is 383 g/mol. The van der Waals surface area contributed by atoms with Crippen LogP contribution in [0.1, 0.15) is 49.6 Å². The third-order valence-electron chi connectivity index (χ3n) is 4.67. The zero-order valence-electron chi connectivity index (χ0n) is 16.1. The fraction of sp³-hybridized carbons (Fsp3) is 0.286. The average molecular weight is 403 g/mol. The summed E-state index contributed by atoms with van der Waals surface area (Å²) in [4.78, 5) is 30.1. The third-order valence-corrected chi connectivity index (χ3v) is 4.67. The van der Waals surface area contributed by atoms with Crippen LogP contribution in [0.15, 0.2) is 53.3 Å². The predicted molar refractivity (Wildman–Crippen MR) is 104 cm³/mol. The first-order valence-corrected chi connectivity index (χ1v) is 9.09. The summed E-state index contributed by atoms with van der Waals surface area (Å²) in [7, 11) is 0. The number of carbonyl (C=O) groups excluding carboxylic acids is 1. The Labute approximate surface area is 165 Å². The lowest BCUT2D eigenvalue weighted by atomic mass is 9.99. The molecule has 0 saturated carbocycles. The number of nitrogens with zero attached hydrogens (tertiary/aromatic N) is 2. The Hall–Kier alpha value is -3.16. The highest BCUT2D eigenvalue weighted by molar-refractivity contribution is 5.90. The molecule has 152 valence electrons. The Morgan fingerprint density at radius 1 is 1.03 bits per heavy atom. The monoisotopic (exact) mass is 403 g/mol. The Morgan fingerprint density at radius 2 is 1.66 bits per heavy atom. The van der Waals surface area contributed by atoms with E-state index in [2.05, 4.69) is 10.4 Å². The summed E-state index contributed by atoms with van der Waals surface area (Å²) < 4.78 is 39.3. The second kappa shape index (κ2) is 7.69. The van der Waals surface area contributed by atoms with Crippen LogP contribution >= 0.6 is 0 Å². The number of hydrogen-bond acceptors (Lipinski definition) is 3. The lowest BCUT2D eigenvalue weighted by molar-refractivity contribution is -0.137. The van der Waals surface area contributed by atoms with Crippen LogP contribution in [-0.4, -0.2) is 15.6 Å². The van der Waals surface area contributed by atoms with E-state index < -0.39 is 29.1 Å². The molecule has 1 heterocycles. The second-order valence-corrected chi connectivity index (χ2v) is 7.10. The van der Waals surface area contributed by atoms with Crippen LogP contribution in [0.3, 0.4) is 0 Å². The first-order valence-electron chi connectivity index (χ1n) is 9.09. The van der Waals surface area contributed by atoms with E-state index >= 15 is 0 Å². The maximum atomic E-state index is 12.9. The molecule has 0 fully saturated rings. The molecule has 3 rings (SSSR count). The molecule has 1 N–H and O–H groups in total. The van der Waals surface area contributed by atoms with Crippen molar-refractivity contribution in [1.82, 2.24) is 9.66 Å². The highest BCUT2D eigenvalue weighted by Gasteiger charge is 2.30. The van der Waals surface area contributed by atoms with Gasteiger partial charge >= 0.3 is 6.18 Å². The number of benzene rings is 2. The third kappa shape index (κ3) is 4.16. The van der Waals surface area contributed by atoms with Crippen LogP contribution in [0.5, 0.6) is 0 Å². The highest BCUT2D eigenvalue weighted by atomic mass is 19.4. The van der Waals surface area contributed by atoms with E-state index in [1.807, 2.05) is 13.8 Å². The Kier molecular flexibility index (Phi) is 5.46. The first-order chi connectivity index (χ1) is 13.6. The summed E-state index contributed by atoms with van der Waals surface area (Å²) >= 11 is 0. The van der Waals surface area contributed by atoms with Crippen molar-refractivity contribution in [3.63, 3.8) is 0 Å². The number of carbonyl (C=O) groups is 1. The van der Waals surface area contributed by atoms with Crippen molar-refractivity contribution in [3.05, 3.63) is 75.8 Å². The fourth-order valence-electron chi connectivity index (χ4n) is 2.96. The van der Waals surface area contributed by atoms with Crippen molar-refractivity contribution in [3.8, 4) is 0 Å². The van der Waals surface area contributed by atoms with Crippen LogP contribution in [-0.2, 0) is 11.0 Å². The minimum Gasteiger partial charge on any atom is -0.273 e. The van der Waals surface area contributed by atoms with Crippen molar-refractivity contribution in [2.45, 2.75) is 38.8 Å². The molecule has 1 aromatic heterocycles.